The molecule has 0 unspecified atom stereocenters. The zero-order chi connectivity index (χ0) is 15.3. The predicted molar refractivity (Wildman–Crippen MR) is 86.4 cm³/mol. The number of carbonyl (C=O) groups excluding carboxylic acids is 1. The maximum Gasteiger partial charge on any atom is 0.164 e. The third kappa shape index (κ3) is 5.20. The maximum absolute atomic E-state index is 12.1. The molecule has 0 atom stereocenters. The maximum atomic E-state index is 12.1. The van der Waals surface area contributed by atoms with E-state index in [0.29, 0.717) is 6.42 Å². The molecule has 0 aliphatic carbocycles. The molecular weight excluding hydrogens is 332 g/mol. The molecule has 0 aromatic heterocycles. The molecule has 1 heterocycles. The highest BCUT2D eigenvalue weighted by molar-refractivity contribution is 9.10. The quantitative estimate of drug-likeness (QED) is 0.553. The van der Waals surface area contributed by atoms with E-state index in [9.17, 15) is 4.79 Å². The van der Waals surface area contributed by atoms with E-state index < -0.39 is 0 Å². The van der Waals surface area contributed by atoms with E-state index in [2.05, 4.69) is 29.8 Å². The highest BCUT2D eigenvalue weighted by Crippen LogP contribution is 2.25. The van der Waals surface area contributed by atoms with Crippen LogP contribution in [-0.2, 0) is 9.47 Å². The van der Waals surface area contributed by atoms with Crippen molar-refractivity contribution >= 4 is 21.7 Å². The molecule has 1 aromatic rings. The summed E-state index contributed by atoms with van der Waals surface area (Å²) in [5.41, 5.74) is 0.885. The third-order valence-corrected chi connectivity index (χ3v) is 4.28. The lowest BCUT2D eigenvalue weighted by Gasteiger charge is -2.34. The summed E-state index contributed by atoms with van der Waals surface area (Å²) in [5, 5.41) is 0. The van der Waals surface area contributed by atoms with Gasteiger partial charge in [-0.25, -0.2) is 0 Å². The minimum atomic E-state index is -0.100. The molecule has 0 spiro atoms. The first-order valence-electron chi connectivity index (χ1n) is 7.49. The van der Waals surface area contributed by atoms with Gasteiger partial charge in [-0.1, -0.05) is 48.0 Å². The number of benzene rings is 1. The second-order valence-corrected chi connectivity index (χ2v) is 7.22. The van der Waals surface area contributed by atoms with E-state index >= 15 is 0 Å². The Balaban J connectivity index is 1.66. The van der Waals surface area contributed by atoms with Crippen LogP contribution in [0.2, 0.25) is 0 Å². The minimum absolute atomic E-state index is 0.100. The lowest BCUT2D eigenvalue weighted by Crippen LogP contribution is -2.37. The van der Waals surface area contributed by atoms with Gasteiger partial charge in [-0.15, -0.1) is 0 Å². The Labute approximate surface area is 135 Å². The van der Waals surface area contributed by atoms with Gasteiger partial charge >= 0.3 is 0 Å². The van der Waals surface area contributed by atoms with Crippen LogP contribution in [0.5, 0.6) is 0 Å². The monoisotopic (exact) mass is 354 g/mol. The number of ketones is 1. The Bertz CT molecular complexity index is 475. The van der Waals surface area contributed by atoms with Crippen LogP contribution in [-0.4, -0.2) is 25.3 Å². The molecule has 0 bridgehead atoms. The molecule has 1 aliphatic rings. The SMILES string of the molecule is CC1(C)COC(CCCCC(=O)c2ccccc2Br)OC1. The molecular formula is C17H23BrO3. The number of carbonyl (C=O) groups is 1. The van der Waals surface area contributed by atoms with Crippen LogP contribution in [0, 0.1) is 5.41 Å². The van der Waals surface area contributed by atoms with Crippen molar-refractivity contribution in [2.45, 2.75) is 45.8 Å². The van der Waals surface area contributed by atoms with E-state index in [1.54, 1.807) is 0 Å². The topological polar surface area (TPSA) is 35.5 Å². The van der Waals surface area contributed by atoms with Crippen LogP contribution in [0.25, 0.3) is 0 Å². The van der Waals surface area contributed by atoms with E-state index in [1.807, 2.05) is 24.3 Å². The van der Waals surface area contributed by atoms with Crippen LogP contribution in [0.1, 0.15) is 49.9 Å². The summed E-state index contributed by atoms with van der Waals surface area (Å²) in [6, 6.07) is 7.57. The number of ether oxygens (including phenoxy) is 2. The van der Waals surface area contributed by atoms with Gasteiger partial charge in [-0.2, -0.15) is 0 Å². The van der Waals surface area contributed by atoms with Crippen molar-refractivity contribution in [3.8, 4) is 0 Å². The summed E-state index contributed by atoms with van der Waals surface area (Å²) in [4.78, 5) is 12.1. The summed E-state index contributed by atoms with van der Waals surface area (Å²) in [5.74, 6) is 0.189. The fraction of sp³-hybridized carbons (Fsp3) is 0.588. The lowest BCUT2D eigenvalue weighted by molar-refractivity contribution is -0.224. The average molecular weight is 355 g/mol. The van der Waals surface area contributed by atoms with Gasteiger partial charge in [0, 0.05) is 21.9 Å². The molecule has 0 N–H and O–H groups in total. The lowest BCUT2D eigenvalue weighted by atomic mass is 9.95. The average Bonchev–Trinajstić information content (AvgIpc) is 2.45. The first-order chi connectivity index (χ1) is 9.98. The van der Waals surface area contributed by atoms with Crippen molar-refractivity contribution < 1.29 is 14.3 Å². The van der Waals surface area contributed by atoms with Crippen molar-refractivity contribution in [1.29, 1.82) is 0 Å². The Hall–Kier alpha value is -0.710. The summed E-state index contributed by atoms with van der Waals surface area (Å²) < 4.78 is 12.3. The standard InChI is InChI=1S/C17H23BrO3/c1-17(2)11-20-16(21-12-17)10-6-5-9-15(19)13-7-3-4-8-14(13)18/h3-4,7-8,16H,5-6,9-12H2,1-2H3. The van der Waals surface area contributed by atoms with Gasteiger partial charge in [-0.3, -0.25) is 4.79 Å². The van der Waals surface area contributed by atoms with Gasteiger partial charge in [0.25, 0.3) is 0 Å². The Morgan fingerprint density at radius 1 is 1.24 bits per heavy atom. The zero-order valence-electron chi connectivity index (χ0n) is 12.7. The fourth-order valence-electron chi connectivity index (χ4n) is 2.31. The smallest absolute Gasteiger partial charge is 0.164 e. The van der Waals surface area contributed by atoms with Crippen LogP contribution < -0.4 is 0 Å². The third-order valence-electron chi connectivity index (χ3n) is 3.59. The van der Waals surface area contributed by atoms with E-state index in [0.717, 1.165) is 42.5 Å². The summed E-state index contributed by atoms with van der Waals surface area (Å²) in [7, 11) is 0. The first kappa shape index (κ1) is 16.7. The van der Waals surface area contributed by atoms with E-state index in [4.69, 9.17) is 9.47 Å². The fourth-order valence-corrected chi connectivity index (χ4v) is 2.82. The predicted octanol–water partition coefficient (Wildman–Crippen LogP) is 4.59. The zero-order valence-corrected chi connectivity index (χ0v) is 14.3. The van der Waals surface area contributed by atoms with Crippen molar-refractivity contribution in [3.05, 3.63) is 34.3 Å². The summed E-state index contributed by atoms with van der Waals surface area (Å²) in [6.07, 6.45) is 3.14. The van der Waals surface area contributed by atoms with Crippen LogP contribution in [0.3, 0.4) is 0 Å². The van der Waals surface area contributed by atoms with Crippen LogP contribution in [0.4, 0.5) is 0 Å². The minimum Gasteiger partial charge on any atom is -0.352 e. The van der Waals surface area contributed by atoms with Gasteiger partial charge in [-0.05, 0) is 25.3 Å². The summed E-state index contributed by atoms with van der Waals surface area (Å²) in [6.45, 7) is 5.76. The number of unbranched alkanes of at least 4 members (excludes halogenated alkanes) is 1. The van der Waals surface area contributed by atoms with Crippen molar-refractivity contribution in [2.24, 2.45) is 5.41 Å². The molecule has 1 aromatic carbocycles. The summed E-state index contributed by atoms with van der Waals surface area (Å²) >= 11 is 3.42. The number of Topliss-reactive ketones (excluding diaryl/α,β-unsaturated/α-hetero) is 1. The first-order valence-corrected chi connectivity index (χ1v) is 8.28. The highest BCUT2D eigenvalue weighted by atomic mass is 79.9. The van der Waals surface area contributed by atoms with Gasteiger partial charge in [0.2, 0.25) is 0 Å². The molecule has 1 aliphatic heterocycles. The second-order valence-electron chi connectivity index (χ2n) is 6.36. The van der Waals surface area contributed by atoms with Crippen molar-refractivity contribution in [3.63, 3.8) is 0 Å². The van der Waals surface area contributed by atoms with Gasteiger partial charge in [0.05, 0.1) is 13.2 Å². The molecule has 4 heteroatoms. The highest BCUT2D eigenvalue weighted by Gasteiger charge is 2.27. The van der Waals surface area contributed by atoms with Crippen LogP contribution >= 0.6 is 15.9 Å². The number of hydrogen-bond donors (Lipinski definition) is 0. The molecule has 21 heavy (non-hydrogen) atoms. The molecule has 1 fully saturated rings. The Morgan fingerprint density at radius 2 is 1.90 bits per heavy atom. The molecule has 0 amide bonds. The Kier molecular flexibility index (Phi) is 5.97. The van der Waals surface area contributed by atoms with E-state index in [1.165, 1.54) is 0 Å². The van der Waals surface area contributed by atoms with E-state index in [-0.39, 0.29) is 17.5 Å². The molecule has 1 saturated heterocycles. The second kappa shape index (κ2) is 7.52. The normalized spacial score (nSPS) is 18.6. The van der Waals surface area contributed by atoms with Crippen molar-refractivity contribution in [1.82, 2.24) is 0 Å². The largest absolute Gasteiger partial charge is 0.352 e. The molecule has 0 radical (unpaired) electrons. The molecule has 3 nitrogen and oxygen atoms in total. The number of rotatable bonds is 6. The van der Waals surface area contributed by atoms with Crippen molar-refractivity contribution in [2.75, 3.05) is 13.2 Å². The van der Waals surface area contributed by atoms with Gasteiger partial charge in [0.15, 0.2) is 12.1 Å². The van der Waals surface area contributed by atoms with Gasteiger partial charge < -0.3 is 9.47 Å². The molecule has 116 valence electrons. The number of hydrogen-bond acceptors (Lipinski definition) is 3. The molecule has 0 saturated carbocycles. The van der Waals surface area contributed by atoms with Gasteiger partial charge in [0.1, 0.15) is 0 Å². The van der Waals surface area contributed by atoms with Crippen LogP contribution in [0.15, 0.2) is 28.7 Å². The Morgan fingerprint density at radius 3 is 2.57 bits per heavy atom. The number of halogens is 1. The molecule has 2 rings (SSSR count).